The fourth-order valence-electron chi connectivity index (χ4n) is 3.04. The molecule has 4 heteroatoms. The molecule has 0 bridgehead atoms. The lowest BCUT2D eigenvalue weighted by atomic mass is 10.1. The third kappa shape index (κ3) is 3.15. The van der Waals surface area contributed by atoms with Crippen molar-refractivity contribution in [2.75, 3.05) is 18.5 Å². The highest BCUT2D eigenvalue weighted by atomic mass is 32.2. The van der Waals surface area contributed by atoms with Crippen LogP contribution in [0.4, 0.5) is 11.4 Å². The fraction of sp³-hybridized carbons (Fsp3) is 0.350. The van der Waals surface area contributed by atoms with Gasteiger partial charge in [0.05, 0.1) is 23.0 Å². The van der Waals surface area contributed by atoms with E-state index in [4.69, 9.17) is 0 Å². The normalized spacial score (nSPS) is 14.3. The van der Waals surface area contributed by atoms with E-state index >= 15 is 0 Å². The van der Waals surface area contributed by atoms with Gasteiger partial charge in [-0.25, -0.2) is 0 Å². The molecule has 0 fully saturated rings. The van der Waals surface area contributed by atoms with E-state index in [1.54, 1.807) is 11.8 Å². The van der Waals surface area contributed by atoms with Gasteiger partial charge in [-0.15, -0.1) is 0 Å². The molecule has 3 nitrogen and oxygen atoms in total. The van der Waals surface area contributed by atoms with Crippen molar-refractivity contribution in [1.29, 1.82) is 5.26 Å². The summed E-state index contributed by atoms with van der Waals surface area (Å²) >= 11 is 1.78. The minimum absolute atomic E-state index is 0.312. The SMILES string of the molecule is CC(C)N(C)C[C@@H](C)N1c2ccccc2Sc2ccc(C#N)cc21. The molecule has 3 rings (SSSR count). The van der Waals surface area contributed by atoms with E-state index in [0.29, 0.717) is 17.6 Å². The van der Waals surface area contributed by atoms with Gasteiger partial charge in [0.15, 0.2) is 0 Å². The van der Waals surface area contributed by atoms with Crippen LogP contribution in [0.3, 0.4) is 0 Å². The predicted molar refractivity (Wildman–Crippen MR) is 101 cm³/mol. The van der Waals surface area contributed by atoms with Gasteiger partial charge in [0.2, 0.25) is 0 Å². The number of benzene rings is 2. The van der Waals surface area contributed by atoms with Crippen LogP contribution < -0.4 is 4.90 Å². The van der Waals surface area contributed by atoms with Gasteiger partial charge in [0, 0.05) is 28.4 Å². The maximum atomic E-state index is 9.29. The Bertz CT molecular complexity index is 779. The van der Waals surface area contributed by atoms with Crippen LogP contribution in [0.2, 0.25) is 0 Å². The van der Waals surface area contributed by atoms with Crippen molar-refractivity contribution in [1.82, 2.24) is 4.90 Å². The molecule has 2 aromatic rings. The maximum absolute atomic E-state index is 9.29. The number of fused-ring (bicyclic) bond motifs is 2. The number of hydrogen-bond acceptors (Lipinski definition) is 4. The lowest BCUT2D eigenvalue weighted by Gasteiger charge is -2.39. The van der Waals surface area contributed by atoms with Gasteiger partial charge in [0.1, 0.15) is 0 Å². The van der Waals surface area contributed by atoms with Gasteiger partial charge >= 0.3 is 0 Å². The van der Waals surface area contributed by atoms with Crippen molar-refractivity contribution >= 4 is 23.1 Å². The predicted octanol–water partition coefficient (Wildman–Crippen LogP) is 4.89. The quantitative estimate of drug-likeness (QED) is 0.794. The molecule has 0 unspecified atom stereocenters. The summed E-state index contributed by atoms with van der Waals surface area (Å²) in [6, 6.07) is 17.6. The average Bonchev–Trinajstić information content (AvgIpc) is 2.58. The number of nitriles is 1. The summed E-state index contributed by atoms with van der Waals surface area (Å²) in [5.41, 5.74) is 3.08. The van der Waals surface area contributed by atoms with Crippen LogP contribution in [-0.4, -0.2) is 30.6 Å². The van der Waals surface area contributed by atoms with E-state index in [1.807, 2.05) is 12.1 Å². The molecule has 0 radical (unpaired) electrons. The third-order valence-corrected chi connectivity index (χ3v) is 5.70. The van der Waals surface area contributed by atoms with Crippen LogP contribution in [0.1, 0.15) is 26.3 Å². The van der Waals surface area contributed by atoms with Gasteiger partial charge in [0.25, 0.3) is 0 Å². The first-order valence-corrected chi connectivity index (χ1v) is 9.13. The Hall–Kier alpha value is -1.96. The third-order valence-electron chi connectivity index (χ3n) is 4.57. The molecule has 0 saturated heterocycles. The van der Waals surface area contributed by atoms with Crippen LogP contribution >= 0.6 is 11.8 Å². The molecule has 2 aromatic carbocycles. The van der Waals surface area contributed by atoms with Crippen molar-refractivity contribution in [2.45, 2.75) is 42.6 Å². The summed E-state index contributed by atoms with van der Waals surface area (Å²) < 4.78 is 0. The number of nitrogens with zero attached hydrogens (tertiary/aromatic N) is 3. The first kappa shape index (κ1) is 16.9. The highest BCUT2D eigenvalue weighted by Gasteiger charge is 2.28. The van der Waals surface area contributed by atoms with E-state index in [9.17, 15) is 5.26 Å². The lowest BCUT2D eigenvalue weighted by Crippen LogP contribution is -2.41. The molecule has 0 N–H and O–H groups in total. The Kier molecular flexibility index (Phi) is 4.84. The van der Waals surface area contributed by atoms with Crippen LogP contribution in [0.15, 0.2) is 52.3 Å². The van der Waals surface area contributed by atoms with Crippen LogP contribution in [-0.2, 0) is 0 Å². The van der Waals surface area contributed by atoms with Crippen molar-refractivity contribution in [3.63, 3.8) is 0 Å². The maximum Gasteiger partial charge on any atom is 0.0992 e. The molecular weight excluding hydrogens is 314 g/mol. The Labute approximate surface area is 148 Å². The molecule has 0 amide bonds. The molecule has 1 atom stereocenters. The number of rotatable bonds is 4. The topological polar surface area (TPSA) is 30.3 Å². The van der Waals surface area contributed by atoms with Gasteiger partial charge in [-0.2, -0.15) is 5.26 Å². The second-order valence-electron chi connectivity index (χ2n) is 6.62. The molecule has 0 saturated carbocycles. The monoisotopic (exact) mass is 337 g/mol. The zero-order chi connectivity index (χ0) is 17.3. The number of hydrogen-bond donors (Lipinski definition) is 0. The van der Waals surface area contributed by atoms with E-state index in [1.165, 1.54) is 15.5 Å². The summed E-state index contributed by atoms with van der Waals surface area (Å²) in [5, 5.41) is 9.29. The number of likely N-dealkylation sites (N-methyl/N-ethyl adjacent to an activating group) is 1. The minimum atomic E-state index is 0.312. The van der Waals surface area contributed by atoms with E-state index in [0.717, 1.165) is 12.2 Å². The zero-order valence-electron chi connectivity index (χ0n) is 14.7. The van der Waals surface area contributed by atoms with Gasteiger partial charge in [-0.3, -0.25) is 0 Å². The largest absolute Gasteiger partial charge is 0.335 e. The molecular formula is C20H23N3S. The Balaban J connectivity index is 2.05. The van der Waals surface area contributed by atoms with Crippen molar-refractivity contribution < 1.29 is 0 Å². The summed E-state index contributed by atoms with van der Waals surface area (Å²) in [5.74, 6) is 0. The average molecular weight is 337 g/mol. The Morgan fingerprint density at radius 2 is 1.79 bits per heavy atom. The van der Waals surface area contributed by atoms with E-state index < -0.39 is 0 Å². The fourth-order valence-corrected chi connectivity index (χ4v) is 4.09. The van der Waals surface area contributed by atoms with Gasteiger partial charge in [-0.05, 0) is 58.2 Å². The standard InChI is InChI=1S/C20H23N3S/c1-14(2)22(4)13-15(3)23-17-7-5-6-8-19(17)24-20-10-9-16(12-21)11-18(20)23/h5-11,14-15H,13H2,1-4H3/t15-/m1/s1. The van der Waals surface area contributed by atoms with Gasteiger partial charge < -0.3 is 9.80 Å². The second-order valence-corrected chi connectivity index (χ2v) is 7.70. The first-order chi connectivity index (χ1) is 11.5. The molecule has 0 aromatic heterocycles. The van der Waals surface area contributed by atoms with Gasteiger partial charge in [-0.1, -0.05) is 23.9 Å². The van der Waals surface area contributed by atoms with E-state index in [2.05, 4.69) is 74.0 Å². The second kappa shape index (κ2) is 6.88. The van der Waals surface area contributed by atoms with Crippen molar-refractivity contribution in [3.8, 4) is 6.07 Å². The summed E-state index contributed by atoms with van der Waals surface area (Å²) in [6.07, 6.45) is 0. The number of para-hydroxylation sites is 1. The Morgan fingerprint density at radius 3 is 2.50 bits per heavy atom. The highest BCUT2D eigenvalue weighted by Crippen LogP contribution is 2.49. The van der Waals surface area contributed by atoms with Crippen LogP contribution in [0, 0.1) is 11.3 Å². The molecule has 1 aliphatic heterocycles. The van der Waals surface area contributed by atoms with Crippen molar-refractivity contribution in [3.05, 3.63) is 48.0 Å². The zero-order valence-corrected chi connectivity index (χ0v) is 15.5. The van der Waals surface area contributed by atoms with Crippen molar-refractivity contribution in [2.24, 2.45) is 0 Å². The lowest BCUT2D eigenvalue weighted by molar-refractivity contribution is 0.260. The first-order valence-electron chi connectivity index (χ1n) is 8.31. The summed E-state index contributed by atoms with van der Waals surface area (Å²) in [4.78, 5) is 7.24. The molecule has 0 spiro atoms. The summed E-state index contributed by atoms with van der Waals surface area (Å²) in [6.45, 7) is 7.66. The van der Waals surface area contributed by atoms with Crippen LogP contribution in [0.25, 0.3) is 0 Å². The molecule has 1 heterocycles. The number of anilines is 2. The molecule has 124 valence electrons. The smallest absolute Gasteiger partial charge is 0.0992 e. The minimum Gasteiger partial charge on any atom is -0.335 e. The molecule has 1 aliphatic rings. The molecule has 0 aliphatic carbocycles. The van der Waals surface area contributed by atoms with Crippen LogP contribution in [0.5, 0.6) is 0 Å². The Morgan fingerprint density at radius 1 is 1.08 bits per heavy atom. The molecule has 24 heavy (non-hydrogen) atoms. The highest BCUT2D eigenvalue weighted by molar-refractivity contribution is 7.99. The summed E-state index contributed by atoms with van der Waals surface area (Å²) in [7, 11) is 2.17. The van der Waals surface area contributed by atoms with E-state index in [-0.39, 0.29) is 0 Å².